The number of rotatable bonds is 9. The van der Waals surface area contributed by atoms with Crippen LogP contribution in [0, 0.1) is 0 Å². The van der Waals surface area contributed by atoms with Gasteiger partial charge in [-0.25, -0.2) is 25.3 Å². The van der Waals surface area contributed by atoms with Crippen molar-refractivity contribution >= 4 is 104 Å². The first-order valence-corrected chi connectivity index (χ1v) is 20.1. The number of nitrogens with one attached hydrogen (secondary N) is 1. The number of benzene rings is 6. The third-order valence-electron chi connectivity index (χ3n) is 8.39. The fourth-order valence-electron chi connectivity index (χ4n) is 5.78. The summed E-state index contributed by atoms with van der Waals surface area (Å²) in [6.07, 6.45) is 0.974. The van der Waals surface area contributed by atoms with Crippen LogP contribution in [0.25, 0.3) is 27.6 Å². The van der Waals surface area contributed by atoms with Crippen molar-refractivity contribution in [2.24, 2.45) is 25.6 Å². The van der Waals surface area contributed by atoms with Crippen molar-refractivity contribution in [3.63, 3.8) is 0 Å². The molecule has 0 heterocycles. The minimum atomic E-state index is -5.23. The molecule has 17 nitrogen and oxygen atoms in total. The van der Waals surface area contributed by atoms with E-state index in [2.05, 4.69) is 31.0 Å². The van der Waals surface area contributed by atoms with E-state index in [1.807, 2.05) is 0 Å². The molecule has 0 saturated heterocycles. The summed E-state index contributed by atoms with van der Waals surface area (Å²) in [6.45, 7) is 0. The summed E-state index contributed by atoms with van der Waals surface area (Å²) in [5.41, 5.74) is 9.01. The minimum absolute atomic E-state index is 0. The van der Waals surface area contributed by atoms with Crippen LogP contribution in [0.1, 0.15) is 15.9 Å². The number of nitrogens with zero attached hydrogens (tertiary/aromatic N) is 5. The Morgan fingerprint density at radius 3 is 1.69 bits per heavy atom. The Kier molecular flexibility index (Phi) is 15.5. The molecule has 0 radical (unpaired) electrons. The number of azo groups is 2. The number of hydrogen-bond donors (Lipinski definition) is 2. The van der Waals surface area contributed by atoms with Crippen LogP contribution >= 0.6 is 0 Å². The molecular formula is C36H22N7Na3O10S3. The van der Waals surface area contributed by atoms with Crippen molar-refractivity contribution in [2.45, 2.75) is 9.79 Å². The van der Waals surface area contributed by atoms with E-state index in [4.69, 9.17) is 5.73 Å². The molecule has 0 amide bonds. The number of hydrogen-bond acceptors (Lipinski definition) is 17. The third-order valence-corrected chi connectivity index (χ3v) is 10.9. The average molecular weight is 878 g/mol. The van der Waals surface area contributed by atoms with Gasteiger partial charge in [0.15, 0.2) is 0 Å². The zero-order valence-corrected chi connectivity index (χ0v) is 39.5. The van der Waals surface area contributed by atoms with Crippen LogP contribution in [0.2, 0.25) is 0 Å². The predicted molar refractivity (Wildman–Crippen MR) is 203 cm³/mol. The summed E-state index contributed by atoms with van der Waals surface area (Å²) in [6, 6.07) is 25.6. The van der Waals surface area contributed by atoms with Gasteiger partial charge in [0.25, 0.3) is 0 Å². The average Bonchev–Trinajstić information content (AvgIpc) is 3.15. The minimum Gasteiger partial charge on any atom is -0.744 e. The zero-order valence-electron chi connectivity index (χ0n) is 31.1. The molecule has 6 aromatic rings. The van der Waals surface area contributed by atoms with E-state index in [-0.39, 0.29) is 133 Å². The van der Waals surface area contributed by atoms with Gasteiger partial charge >= 0.3 is 88.7 Å². The van der Waals surface area contributed by atoms with Crippen LogP contribution in [-0.2, 0) is 30.4 Å². The van der Waals surface area contributed by atoms with E-state index in [1.165, 1.54) is 48.5 Å². The summed E-state index contributed by atoms with van der Waals surface area (Å²) in [5, 5.41) is 22.6. The Bertz CT molecular complexity index is 3150. The number of nitrogens with two attached hydrogens (primary N) is 1. The van der Waals surface area contributed by atoms with Crippen LogP contribution in [0.15, 0.2) is 149 Å². The Hall–Kier alpha value is -3.55. The van der Waals surface area contributed by atoms with Crippen molar-refractivity contribution in [3.8, 4) is 0 Å². The van der Waals surface area contributed by atoms with Crippen LogP contribution in [-0.4, -0.2) is 50.4 Å². The molecule has 59 heavy (non-hydrogen) atoms. The van der Waals surface area contributed by atoms with Crippen LogP contribution in [0.3, 0.4) is 0 Å². The molecule has 0 unspecified atom stereocenters. The molecule has 6 aromatic carbocycles. The molecule has 282 valence electrons. The maximum Gasteiger partial charge on any atom is 1.00 e. The molecule has 1 aliphatic carbocycles. The SMILES string of the molecule is Nc1ccc2c(c1)C=C(S(=O)(=O)[O-])/C(=N/Nc1ccc(N=Nc3ccc(N=Nc4cccc(S(=O)(=O)[O-])c4)c4ccccc34)c3ccc(S(=O)(=O)[O-])cc13)C2=O.[Na+].[Na+].[Na+]. The second-order valence-electron chi connectivity index (χ2n) is 12.0. The van der Waals surface area contributed by atoms with E-state index in [1.54, 1.807) is 36.4 Å². The van der Waals surface area contributed by atoms with Crippen LogP contribution in [0.5, 0.6) is 0 Å². The molecule has 0 spiro atoms. The molecule has 23 heteroatoms. The smallest absolute Gasteiger partial charge is 0.744 e. The molecule has 3 N–H and O–H groups in total. The Morgan fingerprint density at radius 1 is 0.542 bits per heavy atom. The van der Waals surface area contributed by atoms with Crippen molar-refractivity contribution in [3.05, 3.63) is 125 Å². The number of ketones is 1. The zero-order chi connectivity index (χ0) is 40.0. The summed E-state index contributed by atoms with van der Waals surface area (Å²) in [4.78, 5) is 11.4. The maximum atomic E-state index is 13.3. The number of Topliss-reactive ketones (excluding diaryl/α,β-unsaturated/α-hetero) is 1. The van der Waals surface area contributed by atoms with Gasteiger partial charge in [-0.2, -0.15) is 10.2 Å². The molecule has 0 aromatic heterocycles. The maximum absolute atomic E-state index is 13.3. The molecule has 0 saturated carbocycles. The fourth-order valence-corrected chi connectivity index (χ4v) is 7.44. The number of allylic oxidation sites excluding steroid dienone is 1. The number of nitrogen functional groups attached to an aromatic ring is 1. The van der Waals surface area contributed by atoms with Gasteiger partial charge in [-0.1, -0.05) is 36.4 Å². The van der Waals surface area contributed by atoms with Gasteiger partial charge < -0.3 is 19.4 Å². The van der Waals surface area contributed by atoms with Gasteiger partial charge in [0, 0.05) is 32.8 Å². The quantitative estimate of drug-likeness (QED) is 0.0514. The molecule has 0 atom stereocenters. The van der Waals surface area contributed by atoms with Gasteiger partial charge in [-0.15, -0.1) is 15.3 Å². The van der Waals surface area contributed by atoms with Gasteiger partial charge in [0.2, 0.25) is 5.78 Å². The standard InChI is InChI=1S/C36H25N7O10S3.3Na/c37-21-8-10-25-20(16-21)17-34(56(51,52)53)35(36(25)44)43-42-33-15-14-32(28-11-9-24(19-29(28)33)55(48,49)50)41-40-31-13-12-30(26-6-1-2-7-27(26)31)39-38-22-4-3-5-23(18-22)54(45,46)47;;;/h1-19,42H,37H2,(H,45,46,47)(H,48,49,50)(H,51,52,53);;;/q;3*+1/p-3/b39-38?,41-40?,43-35-;;;. The number of anilines is 2. The van der Waals surface area contributed by atoms with Gasteiger partial charge in [0.05, 0.1) is 43.1 Å². The van der Waals surface area contributed by atoms with E-state index in [0.717, 1.165) is 30.3 Å². The largest absolute Gasteiger partial charge is 1.00 e. The van der Waals surface area contributed by atoms with Crippen molar-refractivity contribution < 1.29 is 132 Å². The normalized spacial score (nSPS) is 13.8. The monoisotopic (exact) mass is 877 g/mol. The van der Waals surface area contributed by atoms with E-state index >= 15 is 0 Å². The summed E-state index contributed by atoms with van der Waals surface area (Å²) in [7, 11) is -14.9. The number of hydrazone groups is 1. The molecule has 0 aliphatic heterocycles. The summed E-state index contributed by atoms with van der Waals surface area (Å²) < 4.78 is 107. The number of carbonyl (C=O) groups excluding carboxylic acids is 1. The van der Waals surface area contributed by atoms with Gasteiger partial charge in [-0.05, 0) is 84.4 Å². The third kappa shape index (κ3) is 10.7. The first-order chi connectivity index (χ1) is 26.5. The van der Waals surface area contributed by atoms with E-state index < -0.39 is 56.5 Å². The van der Waals surface area contributed by atoms with Crippen molar-refractivity contribution in [1.29, 1.82) is 0 Å². The first kappa shape index (κ1) is 48.1. The van der Waals surface area contributed by atoms with E-state index in [0.29, 0.717) is 22.1 Å². The van der Waals surface area contributed by atoms with Crippen LogP contribution in [0.4, 0.5) is 34.1 Å². The van der Waals surface area contributed by atoms with Crippen LogP contribution < -0.4 is 99.8 Å². The Labute approximate surface area is 403 Å². The molecular weight excluding hydrogens is 856 g/mol. The molecule has 0 fully saturated rings. The second kappa shape index (κ2) is 19.0. The summed E-state index contributed by atoms with van der Waals surface area (Å²) in [5.74, 6) is -0.898. The van der Waals surface area contributed by atoms with Gasteiger partial charge in [-0.3, -0.25) is 10.2 Å². The van der Waals surface area contributed by atoms with Gasteiger partial charge in [0.1, 0.15) is 36.1 Å². The van der Waals surface area contributed by atoms with Crippen molar-refractivity contribution in [2.75, 3.05) is 11.2 Å². The second-order valence-corrected chi connectivity index (χ2v) is 16.1. The number of fused-ring (bicyclic) bond motifs is 3. The topological polar surface area (TPSA) is 289 Å². The number of carbonyl (C=O) groups is 1. The molecule has 0 bridgehead atoms. The Balaban J connectivity index is 0.00000256. The summed E-state index contributed by atoms with van der Waals surface area (Å²) >= 11 is 0. The first-order valence-electron chi connectivity index (χ1n) is 15.9. The molecule has 7 rings (SSSR count). The Morgan fingerprint density at radius 2 is 1.10 bits per heavy atom. The predicted octanol–water partition coefficient (Wildman–Crippen LogP) is -2.22. The van der Waals surface area contributed by atoms with Crippen molar-refractivity contribution in [1.82, 2.24) is 0 Å². The molecule has 1 aliphatic rings. The van der Waals surface area contributed by atoms with E-state index in [9.17, 15) is 43.7 Å². The fraction of sp³-hybridized carbons (Fsp3) is 0.